The molecule has 0 bridgehead atoms. The lowest BCUT2D eigenvalue weighted by molar-refractivity contribution is -0.0397. The van der Waals surface area contributed by atoms with Gasteiger partial charge in [0.15, 0.2) is 0 Å². The summed E-state index contributed by atoms with van der Waals surface area (Å²) in [7, 11) is 1.87. The summed E-state index contributed by atoms with van der Waals surface area (Å²) in [6.07, 6.45) is 5.16. The van der Waals surface area contributed by atoms with Crippen LogP contribution in [0.5, 0.6) is 0 Å². The molecule has 1 fully saturated rings. The van der Waals surface area contributed by atoms with Gasteiger partial charge >= 0.3 is 0 Å². The Kier molecular flexibility index (Phi) is 4.27. The standard InChI is InChI=1S/C12H23IO/c1-11(2,3)10-5-7-12(9-13,14-4)8-6-10/h10H,5-9H2,1-4H3. The van der Waals surface area contributed by atoms with Crippen molar-refractivity contribution in [3.8, 4) is 0 Å². The Morgan fingerprint density at radius 3 is 2.07 bits per heavy atom. The maximum atomic E-state index is 5.68. The van der Waals surface area contributed by atoms with Gasteiger partial charge in [-0.3, -0.25) is 0 Å². The molecule has 0 spiro atoms. The summed E-state index contributed by atoms with van der Waals surface area (Å²) >= 11 is 2.46. The molecule has 0 N–H and O–H groups in total. The Balaban J connectivity index is 2.53. The molecule has 0 aromatic carbocycles. The molecule has 0 amide bonds. The van der Waals surface area contributed by atoms with E-state index in [1.54, 1.807) is 0 Å². The molecule has 1 aliphatic rings. The number of rotatable bonds is 2. The van der Waals surface area contributed by atoms with Crippen molar-refractivity contribution in [1.82, 2.24) is 0 Å². The van der Waals surface area contributed by atoms with E-state index in [1.807, 2.05) is 7.11 Å². The summed E-state index contributed by atoms with van der Waals surface area (Å²) in [5, 5.41) is 0. The van der Waals surface area contributed by atoms with E-state index in [0.717, 1.165) is 10.3 Å². The second-order valence-corrected chi connectivity index (χ2v) is 6.42. The van der Waals surface area contributed by atoms with Crippen LogP contribution < -0.4 is 0 Å². The maximum absolute atomic E-state index is 5.68. The van der Waals surface area contributed by atoms with Gasteiger partial charge in [0.2, 0.25) is 0 Å². The number of hydrogen-bond donors (Lipinski definition) is 0. The zero-order valence-corrected chi connectivity index (χ0v) is 12.1. The van der Waals surface area contributed by atoms with Crippen LogP contribution in [-0.2, 0) is 4.74 Å². The normalized spacial score (nSPS) is 34.5. The summed E-state index contributed by atoms with van der Waals surface area (Å²) in [6.45, 7) is 7.09. The third-order valence-electron chi connectivity index (χ3n) is 3.80. The molecule has 0 unspecified atom stereocenters. The van der Waals surface area contributed by atoms with Crippen LogP contribution in [0.25, 0.3) is 0 Å². The van der Waals surface area contributed by atoms with E-state index in [2.05, 4.69) is 43.4 Å². The first-order valence-electron chi connectivity index (χ1n) is 5.55. The van der Waals surface area contributed by atoms with Crippen molar-refractivity contribution in [3.63, 3.8) is 0 Å². The quantitative estimate of drug-likeness (QED) is 0.552. The Hall–Kier alpha value is 0.690. The zero-order chi connectivity index (χ0) is 10.8. The van der Waals surface area contributed by atoms with Gasteiger partial charge in [-0.05, 0) is 37.0 Å². The number of hydrogen-bond acceptors (Lipinski definition) is 1. The lowest BCUT2D eigenvalue weighted by atomic mass is 9.69. The summed E-state index contributed by atoms with van der Waals surface area (Å²) in [5.41, 5.74) is 0.674. The van der Waals surface area contributed by atoms with Crippen LogP contribution >= 0.6 is 22.6 Å². The zero-order valence-electron chi connectivity index (χ0n) is 9.90. The second-order valence-electron chi connectivity index (χ2n) is 5.66. The van der Waals surface area contributed by atoms with Crippen molar-refractivity contribution in [2.24, 2.45) is 11.3 Å². The van der Waals surface area contributed by atoms with E-state index in [4.69, 9.17) is 4.74 Å². The monoisotopic (exact) mass is 310 g/mol. The maximum Gasteiger partial charge on any atom is 0.0768 e. The Morgan fingerprint density at radius 2 is 1.79 bits per heavy atom. The van der Waals surface area contributed by atoms with Crippen molar-refractivity contribution >= 4 is 22.6 Å². The predicted molar refractivity (Wildman–Crippen MR) is 70.0 cm³/mol. The molecule has 0 radical (unpaired) electrons. The molecule has 1 nitrogen and oxygen atoms in total. The van der Waals surface area contributed by atoms with Crippen molar-refractivity contribution < 1.29 is 4.74 Å². The SMILES string of the molecule is COC1(CI)CCC(C(C)(C)C)CC1. The fraction of sp³-hybridized carbons (Fsp3) is 1.00. The van der Waals surface area contributed by atoms with E-state index in [-0.39, 0.29) is 5.60 Å². The minimum absolute atomic E-state index is 0.197. The number of ether oxygens (including phenoxy) is 1. The van der Waals surface area contributed by atoms with Crippen molar-refractivity contribution in [1.29, 1.82) is 0 Å². The van der Waals surface area contributed by atoms with Crippen LogP contribution in [0, 0.1) is 11.3 Å². The largest absolute Gasteiger partial charge is 0.377 e. The molecule has 1 rings (SSSR count). The highest BCUT2D eigenvalue weighted by molar-refractivity contribution is 14.1. The van der Waals surface area contributed by atoms with Gasteiger partial charge in [-0.2, -0.15) is 0 Å². The number of halogens is 1. The van der Waals surface area contributed by atoms with E-state index in [1.165, 1.54) is 25.7 Å². The minimum atomic E-state index is 0.197. The molecule has 1 aliphatic carbocycles. The van der Waals surface area contributed by atoms with Crippen molar-refractivity contribution in [2.75, 3.05) is 11.5 Å². The molecule has 0 heterocycles. The van der Waals surface area contributed by atoms with Crippen LogP contribution in [0.1, 0.15) is 46.5 Å². The van der Waals surface area contributed by atoms with Gasteiger partial charge in [-0.25, -0.2) is 0 Å². The highest BCUT2D eigenvalue weighted by Crippen LogP contribution is 2.43. The molecule has 0 saturated heterocycles. The first-order chi connectivity index (χ1) is 6.43. The van der Waals surface area contributed by atoms with Gasteiger partial charge in [0, 0.05) is 11.5 Å². The number of alkyl halides is 1. The van der Waals surface area contributed by atoms with Crippen LogP contribution in [0.3, 0.4) is 0 Å². The first kappa shape index (κ1) is 12.8. The average molecular weight is 310 g/mol. The molecule has 0 aromatic heterocycles. The molecule has 0 aliphatic heterocycles. The van der Waals surface area contributed by atoms with E-state index < -0.39 is 0 Å². The van der Waals surface area contributed by atoms with Crippen LogP contribution in [-0.4, -0.2) is 17.1 Å². The Labute approximate surface area is 102 Å². The average Bonchev–Trinajstić information content (AvgIpc) is 2.16. The van der Waals surface area contributed by atoms with Gasteiger partial charge in [-0.15, -0.1) is 0 Å². The minimum Gasteiger partial charge on any atom is -0.377 e. The lowest BCUT2D eigenvalue weighted by Crippen LogP contribution is -2.40. The van der Waals surface area contributed by atoms with Gasteiger partial charge < -0.3 is 4.74 Å². The van der Waals surface area contributed by atoms with Crippen molar-refractivity contribution in [3.05, 3.63) is 0 Å². The molecular formula is C12H23IO. The van der Waals surface area contributed by atoms with Gasteiger partial charge in [0.25, 0.3) is 0 Å². The molecule has 1 saturated carbocycles. The summed E-state index contributed by atoms with van der Waals surface area (Å²) in [5.74, 6) is 0.883. The predicted octanol–water partition coefficient (Wildman–Crippen LogP) is 4.04. The summed E-state index contributed by atoms with van der Waals surface area (Å²) in [6, 6.07) is 0. The topological polar surface area (TPSA) is 9.23 Å². The summed E-state index contributed by atoms with van der Waals surface area (Å²) in [4.78, 5) is 0. The van der Waals surface area contributed by atoms with Gasteiger partial charge in [-0.1, -0.05) is 43.4 Å². The first-order valence-corrected chi connectivity index (χ1v) is 7.07. The summed E-state index contributed by atoms with van der Waals surface area (Å²) < 4.78 is 6.82. The molecule has 14 heavy (non-hydrogen) atoms. The fourth-order valence-corrected chi connectivity index (χ4v) is 3.48. The Bertz CT molecular complexity index is 169. The van der Waals surface area contributed by atoms with E-state index in [9.17, 15) is 0 Å². The molecule has 2 heteroatoms. The van der Waals surface area contributed by atoms with Gasteiger partial charge in [0.05, 0.1) is 5.60 Å². The van der Waals surface area contributed by atoms with E-state index in [0.29, 0.717) is 5.41 Å². The van der Waals surface area contributed by atoms with Gasteiger partial charge in [0.1, 0.15) is 0 Å². The highest BCUT2D eigenvalue weighted by atomic mass is 127. The van der Waals surface area contributed by atoms with Crippen LogP contribution in [0.15, 0.2) is 0 Å². The molecule has 0 atom stereocenters. The van der Waals surface area contributed by atoms with Crippen LogP contribution in [0.2, 0.25) is 0 Å². The van der Waals surface area contributed by atoms with Crippen molar-refractivity contribution in [2.45, 2.75) is 52.1 Å². The van der Waals surface area contributed by atoms with Crippen LogP contribution in [0.4, 0.5) is 0 Å². The fourth-order valence-electron chi connectivity index (χ4n) is 2.40. The highest BCUT2D eigenvalue weighted by Gasteiger charge is 2.37. The molecular weight excluding hydrogens is 287 g/mol. The third kappa shape index (κ3) is 2.84. The van der Waals surface area contributed by atoms with E-state index >= 15 is 0 Å². The lowest BCUT2D eigenvalue weighted by Gasteiger charge is -2.42. The molecule has 84 valence electrons. The number of methoxy groups -OCH3 is 1. The Morgan fingerprint density at radius 1 is 1.29 bits per heavy atom. The smallest absolute Gasteiger partial charge is 0.0768 e. The molecule has 0 aromatic rings. The third-order valence-corrected chi connectivity index (χ3v) is 5.19. The second kappa shape index (κ2) is 4.69.